The number of hydrogen-bond acceptors (Lipinski definition) is 4. The Morgan fingerprint density at radius 1 is 1.00 bits per heavy atom. The van der Waals surface area contributed by atoms with E-state index < -0.39 is 0 Å². The number of carbonyl (C=O) groups is 2. The highest BCUT2D eigenvalue weighted by atomic mass is 16.5. The maximum Gasteiger partial charge on any atom is 0.338 e. The fourth-order valence-corrected chi connectivity index (χ4v) is 1.95. The summed E-state index contributed by atoms with van der Waals surface area (Å²) >= 11 is 0. The zero-order valence-corrected chi connectivity index (χ0v) is 14.0. The number of ether oxygens (including phenoxy) is 2. The zero-order valence-electron chi connectivity index (χ0n) is 14.0. The minimum Gasteiger partial charge on any atom is -0.484 e. The largest absolute Gasteiger partial charge is 0.484 e. The highest BCUT2D eigenvalue weighted by Gasteiger charge is 2.09. The number of amides is 1. The molecule has 0 aliphatic heterocycles. The summed E-state index contributed by atoms with van der Waals surface area (Å²) in [5, 5.41) is 2.75. The molecule has 2 rings (SSSR count). The highest BCUT2D eigenvalue weighted by molar-refractivity contribution is 5.92. The number of anilines is 1. The maximum atomic E-state index is 11.9. The maximum absolute atomic E-state index is 11.9. The summed E-state index contributed by atoms with van der Waals surface area (Å²) in [4.78, 5) is 23.6. The fourth-order valence-electron chi connectivity index (χ4n) is 1.95. The molecule has 1 N–H and O–H groups in total. The van der Waals surface area contributed by atoms with Crippen LogP contribution in [0.2, 0.25) is 0 Å². The molecule has 24 heavy (non-hydrogen) atoms. The summed E-state index contributed by atoms with van der Waals surface area (Å²) in [5.74, 6) is -0.119. The van der Waals surface area contributed by atoms with E-state index in [0.29, 0.717) is 11.3 Å². The van der Waals surface area contributed by atoms with Gasteiger partial charge in [-0.3, -0.25) is 4.79 Å². The van der Waals surface area contributed by atoms with E-state index in [1.165, 1.54) is 0 Å². The SMILES string of the molecule is Cc1ccc(NC(=O)COc2ccc(C(=O)OC(C)C)cc2)cc1. The fraction of sp³-hybridized carbons (Fsp3) is 0.263. The lowest BCUT2D eigenvalue weighted by atomic mass is 10.2. The Morgan fingerprint density at radius 2 is 1.62 bits per heavy atom. The molecule has 2 aromatic carbocycles. The van der Waals surface area contributed by atoms with Crippen LogP contribution < -0.4 is 10.1 Å². The van der Waals surface area contributed by atoms with Crippen molar-refractivity contribution in [3.63, 3.8) is 0 Å². The topological polar surface area (TPSA) is 64.6 Å². The lowest BCUT2D eigenvalue weighted by Gasteiger charge is -2.09. The second-order valence-electron chi connectivity index (χ2n) is 5.68. The Balaban J connectivity index is 1.84. The van der Waals surface area contributed by atoms with Gasteiger partial charge in [-0.25, -0.2) is 4.79 Å². The average molecular weight is 327 g/mol. The molecular weight excluding hydrogens is 306 g/mol. The standard InChI is InChI=1S/C19H21NO4/c1-13(2)24-19(22)15-6-10-17(11-7-15)23-12-18(21)20-16-8-4-14(3)5-9-16/h4-11,13H,12H2,1-3H3,(H,20,21). The van der Waals surface area contributed by atoms with Crippen molar-refractivity contribution in [3.8, 4) is 5.75 Å². The Morgan fingerprint density at radius 3 is 2.21 bits per heavy atom. The molecule has 5 heteroatoms. The van der Waals surface area contributed by atoms with Crippen molar-refractivity contribution in [1.29, 1.82) is 0 Å². The van der Waals surface area contributed by atoms with E-state index in [0.717, 1.165) is 11.3 Å². The third-order valence-electron chi connectivity index (χ3n) is 3.14. The van der Waals surface area contributed by atoms with E-state index in [1.807, 2.05) is 31.2 Å². The Kier molecular flexibility index (Phi) is 5.95. The van der Waals surface area contributed by atoms with Crippen LogP contribution in [0.25, 0.3) is 0 Å². The van der Waals surface area contributed by atoms with Crippen molar-refractivity contribution in [2.75, 3.05) is 11.9 Å². The minimum atomic E-state index is -0.381. The van der Waals surface area contributed by atoms with E-state index >= 15 is 0 Å². The van der Waals surface area contributed by atoms with Crippen LogP contribution in [0.15, 0.2) is 48.5 Å². The van der Waals surface area contributed by atoms with Gasteiger partial charge >= 0.3 is 5.97 Å². The summed E-state index contributed by atoms with van der Waals surface area (Å²) in [6, 6.07) is 14.0. The van der Waals surface area contributed by atoms with E-state index in [4.69, 9.17) is 9.47 Å². The monoisotopic (exact) mass is 327 g/mol. The van der Waals surface area contributed by atoms with Gasteiger partial charge in [-0.05, 0) is 57.2 Å². The van der Waals surface area contributed by atoms with Crippen LogP contribution >= 0.6 is 0 Å². The van der Waals surface area contributed by atoms with E-state index in [-0.39, 0.29) is 24.6 Å². The van der Waals surface area contributed by atoms with Crippen LogP contribution in [0.4, 0.5) is 5.69 Å². The minimum absolute atomic E-state index is 0.107. The molecule has 0 saturated heterocycles. The molecule has 1 amide bonds. The molecular formula is C19H21NO4. The smallest absolute Gasteiger partial charge is 0.338 e. The van der Waals surface area contributed by atoms with Crippen LogP contribution in [0.3, 0.4) is 0 Å². The number of rotatable bonds is 6. The van der Waals surface area contributed by atoms with Crippen molar-refractivity contribution in [1.82, 2.24) is 0 Å². The zero-order chi connectivity index (χ0) is 17.5. The van der Waals surface area contributed by atoms with Crippen LogP contribution in [0, 0.1) is 6.92 Å². The van der Waals surface area contributed by atoms with Crippen molar-refractivity contribution in [3.05, 3.63) is 59.7 Å². The Labute approximate surface area is 141 Å². The molecule has 0 spiro atoms. The van der Waals surface area contributed by atoms with Gasteiger partial charge in [0.05, 0.1) is 11.7 Å². The van der Waals surface area contributed by atoms with Gasteiger partial charge in [-0.2, -0.15) is 0 Å². The molecule has 0 radical (unpaired) electrons. The number of hydrogen-bond donors (Lipinski definition) is 1. The summed E-state index contributed by atoms with van der Waals surface area (Å²) < 4.78 is 10.5. The summed E-state index contributed by atoms with van der Waals surface area (Å²) in [5.41, 5.74) is 2.29. The molecule has 0 saturated carbocycles. The second-order valence-corrected chi connectivity index (χ2v) is 5.68. The van der Waals surface area contributed by atoms with Crippen molar-refractivity contribution >= 4 is 17.6 Å². The first kappa shape index (κ1) is 17.5. The van der Waals surface area contributed by atoms with Crippen LogP contribution in [-0.4, -0.2) is 24.6 Å². The Bertz CT molecular complexity index is 690. The van der Waals surface area contributed by atoms with Gasteiger partial charge in [0.2, 0.25) is 0 Å². The molecule has 0 aliphatic carbocycles. The second kappa shape index (κ2) is 8.15. The van der Waals surface area contributed by atoms with Crippen molar-refractivity contribution in [2.45, 2.75) is 26.9 Å². The first-order chi connectivity index (χ1) is 11.4. The van der Waals surface area contributed by atoms with Crippen LogP contribution in [0.1, 0.15) is 29.8 Å². The van der Waals surface area contributed by atoms with Gasteiger partial charge in [0, 0.05) is 5.69 Å². The normalized spacial score (nSPS) is 10.3. The van der Waals surface area contributed by atoms with Gasteiger partial charge in [-0.1, -0.05) is 17.7 Å². The predicted molar refractivity (Wildman–Crippen MR) is 92.3 cm³/mol. The number of carbonyl (C=O) groups excluding carboxylic acids is 2. The van der Waals surface area contributed by atoms with Gasteiger partial charge in [-0.15, -0.1) is 0 Å². The third kappa shape index (κ3) is 5.43. The summed E-state index contributed by atoms with van der Waals surface area (Å²) in [7, 11) is 0. The van der Waals surface area contributed by atoms with Crippen molar-refractivity contribution in [2.24, 2.45) is 0 Å². The summed E-state index contributed by atoms with van der Waals surface area (Å²) in [6.45, 7) is 5.46. The highest BCUT2D eigenvalue weighted by Crippen LogP contribution is 2.14. The van der Waals surface area contributed by atoms with Crippen LogP contribution in [0.5, 0.6) is 5.75 Å². The number of nitrogens with one attached hydrogen (secondary N) is 1. The van der Waals surface area contributed by atoms with Gasteiger partial charge in [0.1, 0.15) is 5.75 Å². The van der Waals surface area contributed by atoms with Gasteiger partial charge in [0.15, 0.2) is 6.61 Å². The molecule has 0 heterocycles. The van der Waals surface area contributed by atoms with Crippen molar-refractivity contribution < 1.29 is 19.1 Å². The average Bonchev–Trinajstić information content (AvgIpc) is 2.55. The molecule has 2 aromatic rings. The third-order valence-corrected chi connectivity index (χ3v) is 3.14. The van der Waals surface area contributed by atoms with E-state index in [9.17, 15) is 9.59 Å². The molecule has 5 nitrogen and oxygen atoms in total. The number of esters is 1. The lowest BCUT2D eigenvalue weighted by molar-refractivity contribution is -0.118. The molecule has 0 bridgehead atoms. The van der Waals surface area contributed by atoms with Gasteiger partial charge in [0.25, 0.3) is 5.91 Å². The summed E-state index contributed by atoms with van der Waals surface area (Å²) in [6.07, 6.45) is -0.168. The first-order valence-electron chi connectivity index (χ1n) is 7.74. The molecule has 0 aliphatic rings. The molecule has 0 aromatic heterocycles. The number of aryl methyl sites for hydroxylation is 1. The Hall–Kier alpha value is -2.82. The molecule has 126 valence electrons. The first-order valence-corrected chi connectivity index (χ1v) is 7.74. The molecule has 0 atom stereocenters. The van der Waals surface area contributed by atoms with Gasteiger partial charge < -0.3 is 14.8 Å². The van der Waals surface area contributed by atoms with Crippen LogP contribution in [-0.2, 0) is 9.53 Å². The van der Waals surface area contributed by atoms with E-state index in [2.05, 4.69) is 5.32 Å². The lowest BCUT2D eigenvalue weighted by Crippen LogP contribution is -2.20. The quantitative estimate of drug-likeness (QED) is 0.824. The molecule has 0 unspecified atom stereocenters. The van der Waals surface area contributed by atoms with E-state index in [1.54, 1.807) is 38.1 Å². The molecule has 0 fully saturated rings. The predicted octanol–water partition coefficient (Wildman–Crippen LogP) is 3.58. The number of benzene rings is 2.